The van der Waals surface area contributed by atoms with Crippen LogP contribution in [0.25, 0.3) is 5.78 Å². The van der Waals surface area contributed by atoms with Gasteiger partial charge < -0.3 is 10.1 Å². The van der Waals surface area contributed by atoms with Gasteiger partial charge in [-0.15, -0.1) is 0 Å². The molecule has 0 saturated heterocycles. The number of aromatic nitrogens is 4. The molecule has 146 valence electrons. The molecule has 0 fully saturated rings. The van der Waals surface area contributed by atoms with Crippen LogP contribution in [0, 0.1) is 19.7 Å². The highest BCUT2D eigenvalue weighted by molar-refractivity contribution is 6.31. The molecular weight excluding hydrogens is 389 g/mol. The van der Waals surface area contributed by atoms with Gasteiger partial charge in [-0.3, -0.25) is 9.59 Å². The van der Waals surface area contributed by atoms with Gasteiger partial charge in [0.05, 0.1) is 11.4 Å². The molecule has 1 atom stereocenters. The molecule has 0 unspecified atom stereocenters. The molecule has 28 heavy (non-hydrogen) atoms. The molecule has 8 nitrogen and oxygen atoms in total. The van der Waals surface area contributed by atoms with Crippen molar-refractivity contribution in [1.29, 1.82) is 0 Å². The molecule has 1 amide bonds. The van der Waals surface area contributed by atoms with Gasteiger partial charge in [0.2, 0.25) is 0 Å². The number of amides is 1. The van der Waals surface area contributed by atoms with Crippen molar-refractivity contribution < 1.29 is 18.7 Å². The van der Waals surface area contributed by atoms with Crippen LogP contribution in [0.1, 0.15) is 23.9 Å². The van der Waals surface area contributed by atoms with Crippen molar-refractivity contribution in [3.8, 4) is 0 Å². The molecular formula is C18H17ClFN5O3. The molecule has 1 aromatic carbocycles. The minimum Gasteiger partial charge on any atom is -0.452 e. The van der Waals surface area contributed by atoms with Crippen LogP contribution in [-0.2, 0) is 20.7 Å². The number of esters is 1. The summed E-state index contributed by atoms with van der Waals surface area (Å²) in [5, 5.41) is 6.47. The fourth-order valence-electron chi connectivity index (χ4n) is 2.67. The van der Waals surface area contributed by atoms with E-state index in [9.17, 15) is 14.0 Å². The Bertz CT molecular complexity index is 1070. The second-order valence-corrected chi connectivity index (χ2v) is 6.57. The Hall–Kier alpha value is -3.07. The van der Waals surface area contributed by atoms with Crippen LogP contribution >= 0.6 is 11.6 Å². The number of aryl methyl sites for hydroxylation is 2. The van der Waals surface area contributed by atoms with Crippen LogP contribution in [-0.4, -0.2) is 37.6 Å². The molecule has 10 heteroatoms. The molecule has 0 aliphatic rings. The van der Waals surface area contributed by atoms with E-state index in [4.69, 9.17) is 16.3 Å². The van der Waals surface area contributed by atoms with Gasteiger partial charge in [0, 0.05) is 22.6 Å². The Labute approximate surface area is 164 Å². The Balaban J connectivity index is 1.65. The fraction of sp³-hybridized carbons (Fsp3) is 0.278. The van der Waals surface area contributed by atoms with Gasteiger partial charge >= 0.3 is 5.97 Å². The molecule has 0 aliphatic heterocycles. The quantitative estimate of drug-likeness (QED) is 0.655. The van der Waals surface area contributed by atoms with Gasteiger partial charge in [0.25, 0.3) is 11.7 Å². The summed E-state index contributed by atoms with van der Waals surface area (Å²) in [7, 11) is 0. The fourth-order valence-corrected chi connectivity index (χ4v) is 2.85. The van der Waals surface area contributed by atoms with E-state index >= 15 is 0 Å². The normalized spacial score (nSPS) is 12.0. The number of ether oxygens (including phenoxy) is 1. The van der Waals surface area contributed by atoms with Crippen LogP contribution < -0.4 is 5.32 Å². The predicted octanol–water partition coefficient (Wildman–Crippen LogP) is 2.65. The zero-order chi connectivity index (χ0) is 20.4. The third-order valence-corrected chi connectivity index (χ3v) is 4.46. The monoisotopic (exact) mass is 405 g/mol. The number of benzene rings is 1. The minimum absolute atomic E-state index is 0.0690. The average molecular weight is 406 g/mol. The van der Waals surface area contributed by atoms with Crippen molar-refractivity contribution in [1.82, 2.24) is 19.6 Å². The van der Waals surface area contributed by atoms with Crippen molar-refractivity contribution >= 4 is 34.9 Å². The van der Waals surface area contributed by atoms with Crippen molar-refractivity contribution in [2.45, 2.75) is 33.3 Å². The lowest BCUT2D eigenvalue weighted by Crippen LogP contribution is -2.30. The number of hydrogen-bond donors (Lipinski definition) is 1. The Kier molecular flexibility index (Phi) is 5.55. The molecule has 1 N–H and O–H groups in total. The van der Waals surface area contributed by atoms with Crippen LogP contribution in [0.15, 0.2) is 24.5 Å². The van der Waals surface area contributed by atoms with E-state index in [0.29, 0.717) is 22.7 Å². The molecule has 2 heterocycles. The summed E-state index contributed by atoms with van der Waals surface area (Å²) in [5.41, 5.74) is 2.30. The summed E-state index contributed by atoms with van der Waals surface area (Å²) in [6.45, 7) is 5.00. The highest BCUT2D eigenvalue weighted by atomic mass is 35.5. The predicted molar refractivity (Wildman–Crippen MR) is 99.6 cm³/mol. The zero-order valence-electron chi connectivity index (χ0n) is 15.4. The number of nitrogens with zero attached hydrogens (tertiary/aromatic N) is 4. The van der Waals surface area contributed by atoms with E-state index in [1.165, 1.54) is 29.9 Å². The highest BCUT2D eigenvalue weighted by Crippen LogP contribution is 2.20. The van der Waals surface area contributed by atoms with E-state index in [0.717, 1.165) is 11.8 Å². The molecule has 3 aromatic rings. The van der Waals surface area contributed by atoms with Gasteiger partial charge in [0.1, 0.15) is 12.1 Å². The number of anilines is 1. The zero-order valence-corrected chi connectivity index (χ0v) is 16.1. The van der Waals surface area contributed by atoms with Gasteiger partial charge in [-0.2, -0.15) is 10.1 Å². The molecule has 0 aliphatic carbocycles. The SMILES string of the molecule is Cc1nc2ncnn2c(C)c1CC(=O)O[C@@H](C)C(=O)Nc1ccc(F)c(Cl)c1. The first-order valence-corrected chi connectivity index (χ1v) is 8.75. The van der Waals surface area contributed by atoms with Crippen LogP contribution in [0.5, 0.6) is 0 Å². The first kappa shape index (κ1) is 19.7. The second kappa shape index (κ2) is 7.89. The average Bonchev–Trinajstić information content (AvgIpc) is 3.10. The lowest BCUT2D eigenvalue weighted by Gasteiger charge is -2.15. The van der Waals surface area contributed by atoms with Crippen molar-refractivity contribution in [3.63, 3.8) is 0 Å². The smallest absolute Gasteiger partial charge is 0.311 e. The van der Waals surface area contributed by atoms with Crippen molar-refractivity contribution in [2.75, 3.05) is 5.32 Å². The van der Waals surface area contributed by atoms with Gasteiger partial charge in [-0.1, -0.05) is 11.6 Å². The molecule has 0 spiro atoms. The maximum absolute atomic E-state index is 13.2. The van der Waals surface area contributed by atoms with E-state index < -0.39 is 23.8 Å². The third-order valence-electron chi connectivity index (χ3n) is 4.17. The maximum atomic E-state index is 13.2. The van der Waals surface area contributed by atoms with Crippen LogP contribution in [0.2, 0.25) is 5.02 Å². The summed E-state index contributed by atoms with van der Waals surface area (Å²) >= 11 is 5.69. The largest absolute Gasteiger partial charge is 0.452 e. The van der Waals surface area contributed by atoms with E-state index in [-0.39, 0.29) is 11.4 Å². The van der Waals surface area contributed by atoms with Gasteiger partial charge in [-0.05, 0) is 39.0 Å². The Morgan fingerprint density at radius 1 is 1.36 bits per heavy atom. The number of halogens is 2. The van der Waals surface area contributed by atoms with E-state index in [2.05, 4.69) is 20.4 Å². The highest BCUT2D eigenvalue weighted by Gasteiger charge is 2.21. The summed E-state index contributed by atoms with van der Waals surface area (Å²) in [5.74, 6) is -1.30. The van der Waals surface area contributed by atoms with Crippen LogP contribution in [0.4, 0.5) is 10.1 Å². The number of fused-ring (bicyclic) bond motifs is 1. The lowest BCUT2D eigenvalue weighted by atomic mass is 10.1. The number of rotatable bonds is 5. The maximum Gasteiger partial charge on any atom is 0.311 e. The summed E-state index contributed by atoms with van der Waals surface area (Å²) in [4.78, 5) is 32.8. The third kappa shape index (κ3) is 4.09. The molecule has 2 aromatic heterocycles. The first-order chi connectivity index (χ1) is 13.3. The standard InChI is InChI=1S/C18H17ClFN5O3/c1-9-13(10(2)25-18(23-9)21-8-22-25)7-16(26)28-11(3)17(27)24-12-4-5-15(20)14(19)6-12/h4-6,8,11H,7H2,1-3H3,(H,24,27)/t11-/m0/s1. The number of nitrogens with one attached hydrogen (secondary N) is 1. The van der Waals surface area contributed by atoms with Crippen LogP contribution in [0.3, 0.4) is 0 Å². The summed E-state index contributed by atoms with van der Waals surface area (Å²) in [6, 6.07) is 3.77. The number of carbonyl (C=O) groups is 2. The first-order valence-electron chi connectivity index (χ1n) is 8.37. The van der Waals surface area contributed by atoms with Crippen molar-refractivity contribution in [3.05, 3.63) is 52.3 Å². The summed E-state index contributed by atoms with van der Waals surface area (Å²) < 4.78 is 19.9. The molecule has 0 radical (unpaired) electrons. The second-order valence-electron chi connectivity index (χ2n) is 6.16. The number of carbonyl (C=O) groups excluding carboxylic acids is 2. The Morgan fingerprint density at radius 2 is 2.11 bits per heavy atom. The number of hydrogen-bond acceptors (Lipinski definition) is 6. The summed E-state index contributed by atoms with van der Waals surface area (Å²) in [6.07, 6.45) is 0.255. The molecule has 3 rings (SSSR count). The minimum atomic E-state index is -1.06. The molecule has 0 bridgehead atoms. The Morgan fingerprint density at radius 3 is 2.82 bits per heavy atom. The van der Waals surface area contributed by atoms with E-state index in [1.807, 2.05) is 0 Å². The topological polar surface area (TPSA) is 98.5 Å². The van der Waals surface area contributed by atoms with Gasteiger partial charge in [-0.25, -0.2) is 13.9 Å². The van der Waals surface area contributed by atoms with Gasteiger partial charge in [0.15, 0.2) is 6.10 Å². The molecule has 0 saturated carbocycles. The van der Waals surface area contributed by atoms with E-state index in [1.54, 1.807) is 13.8 Å². The van der Waals surface area contributed by atoms with Crippen molar-refractivity contribution in [2.24, 2.45) is 0 Å². The lowest BCUT2D eigenvalue weighted by molar-refractivity contribution is -0.152.